The SMILES string of the molecule is COCCNC(=O)C[NH+]1CCN(C(=S)Nc2ccc(C)c(F)c2)CC1. The minimum absolute atomic E-state index is 0.0383. The Hall–Kier alpha value is -1.77. The molecule has 1 aromatic carbocycles. The van der Waals surface area contributed by atoms with Crippen molar-refractivity contribution in [1.82, 2.24) is 10.2 Å². The molecule has 0 atom stereocenters. The highest BCUT2D eigenvalue weighted by Gasteiger charge is 2.23. The van der Waals surface area contributed by atoms with Gasteiger partial charge in [-0.15, -0.1) is 0 Å². The van der Waals surface area contributed by atoms with Gasteiger partial charge < -0.3 is 25.2 Å². The second-order valence-electron chi connectivity index (χ2n) is 6.15. The van der Waals surface area contributed by atoms with Crippen molar-refractivity contribution in [2.24, 2.45) is 0 Å². The lowest BCUT2D eigenvalue weighted by Gasteiger charge is -2.33. The number of hydrogen-bond donors (Lipinski definition) is 3. The molecule has 0 bridgehead atoms. The number of amides is 1. The van der Waals surface area contributed by atoms with Gasteiger partial charge in [0.2, 0.25) is 0 Å². The smallest absolute Gasteiger partial charge is 0.275 e. The molecule has 8 heteroatoms. The third kappa shape index (κ3) is 6.22. The van der Waals surface area contributed by atoms with E-state index in [2.05, 4.69) is 15.5 Å². The van der Waals surface area contributed by atoms with Gasteiger partial charge >= 0.3 is 0 Å². The van der Waals surface area contributed by atoms with Crippen LogP contribution >= 0.6 is 12.2 Å². The number of thiocarbonyl (C=S) groups is 1. The van der Waals surface area contributed by atoms with Gasteiger partial charge in [-0.25, -0.2) is 4.39 Å². The molecule has 1 aliphatic heterocycles. The lowest BCUT2D eigenvalue weighted by molar-refractivity contribution is -0.895. The van der Waals surface area contributed by atoms with Crippen LogP contribution in [0.5, 0.6) is 0 Å². The van der Waals surface area contributed by atoms with E-state index in [-0.39, 0.29) is 11.7 Å². The highest BCUT2D eigenvalue weighted by molar-refractivity contribution is 7.80. The zero-order valence-corrected chi connectivity index (χ0v) is 15.5. The highest BCUT2D eigenvalue weighted by atomic mass is 32.1. The van der Waals surface area contributed by atoms with Crippen molar-refractivity contribution in [3.05, 3.63) is 29.6 Å². The van der Waals surface area contributed by atoms with Gasteiger partial charge in [-0.1, -0.05) is 6.07 Å². The van der Waals surface area contributed by atoms with Gasteiger partial charge in [-0.05, 0) is 36.8 Å². The number of ether oxygens (including phenoxy) is 1. The van der Waals surface area contributed by atoms with Crippen molar-refractivity contribution in [3.63, 3.8) is 0 Å². The third-order valence-corrected chi connectivity index (χ3v) is 4.58. The molecule has 3 N–H and O–H groups in total. The Bertz CT molecular complexity index is 606. The fourth-order valence-corrected chi connectivity index (χ4v) is 2.96. The summed E-state index contributed by atoms with van der Waals surface area (Å²) >= 11 is 5.42. The first-order valence-electron chi connectivity index (χ1n) is 8.41. The van der Waals surface area contributed by atoms with E-state index in [0.717, 1.165) is 26.2 Å². The number of aryl methyl sites for hydroxylation is 1. The summed E-state index contributed by atoms with van der Waals surface area (Å²) in [6, 6.07) is 4.99. The third-order valence-electron chi connectivity index (χ3n) is 4.22. The summed E-state index contributed by atoms with van der Waals surface area (Å²) in [5, 5.41) is 6.51. The summed E-state index contributed by atoms with van der Waals surface area (Å²) < 4.78 is 18.5. The molecule has 0 saturated carbocycles. The van der Waals surface area contributed by atoms with Crippen LogP contribution in [0.1, 0.15) is 5.56 Å². The summed E-state index contributed by atoms with van der Waals surface area (Å²) in [5.41, 5.74) is 1.26. The Labute approximate surface area is 153 Å². The topological polar surface area (TPSA) is 58.0 Å². The van der Waals surface area contributed by atoms with Crippen LogP contribution in [0, 0.1) is 12.7 Å². The van der Waals surface area contributed by atoms with Crippen molar-refractivity contribution in [2.75, 3.05) is 58.3 Å². The number of halogens is 1. The van der Waals surface area contributed by atoms with Gasteiger partial charge in [-0.2, -0.15) is 0 Å². The van der Waals surface area contributed by atoms with Crippen LogP contribution in [0.15, 0.2) is 18.2 Å². The first-order valence-corrected chi connectivity index (χ1v) is 8.81. The standard InChI is InChI=1S/C17H25FN4O2S/c1-13-3-4-14(11-15(13)18)20-17(25)22-8-6-21(7-9-22)12-16(23)19-5-10-24-2/h3-4,11H,5-10,12H2,1-2H3,(H,19,23)(H,20,25)/p+1. The van der Waals surface area contributed by atoms with Crippen LogP contribution in [0.4, 0.5) is 10.1 Å². The zero-order valence-electron chi connectivity index (χ0n) is 14.7. The van der Waals surface area contributed by atoms with E-state index in [1.54, 1.807) is 20.1 Å². The highest BCUT2D eigenvalue weighted by Crippen LogP contribution is 2.14. The normalized spacial score (nSPS) is 15.1. The van der Waals surface area contributed by atoms with E-state index in [9.17, 15) is 9.18 Å². The Morgan fingerprint density at radius 3 is 2.76 bits per heavy atom. The summed E-state index contributed by atoms with van der Waals surface area (Å²) in [7, 11) is 1.61. The van der Waals surface area contributed by atoms with Crippen LogP contribution in [0.2, 0.25) is 0 Å². The number of hydrogen-bond acceptors (Lipinski definition) is 3. The predicted octanol–water partition coefficient (Wildman–Crippen LogP) is -0.206. The largest absolute Gasteiger partial charge is 0.383 e. The molecule has 0 aromatic heterocycles. The summed E-state index contributed by atoms with van der Waals surface area (Å²) in [6.45, 7) is 6.45. The Kier molecular flexibility index (Phi) is 7.54. The monoisotopic (exact) mass is 369 g/mol. The molecule has 6 nitrogen and oxygen atoms in total. The van der Waals surface area contributed by atoms with Crippen molar-refractivity contribution >= 4 is 28.9 Å². The van der Waals surface area contributed by atoms with Gasteiger partial charge in [0.15, 0.2) is 11.7 Å². The first-order chi connectivity index (χ1) is 12.0. The Morgan fingerprint density at radius 2 is 2.12 bits per heavy atom. The molecule has 1 fully saturated rings. The van der Waals surface area contributed by atoms with Gasteiger partial charge in [-0.3, -0.25) is 4.79 Å². The van der Waals surface area contributed by atoms with E-state index in [1.807, 2.05) is 6.07 Å². The minimum Gasteiger partial charge on any atom is -0.383 e. The van der Waals surface area contributed by atoms with Crippen molar-refractivity contribution in [1.29, 1.82) is 0 Å². The molecule has 1 aliphatic rings. The molecule has 138 valence electrons. The van der Waals surface area contributed by atoms with Crippen LogP contribution in [0.3, 0.4) is 0 Å². The fraction of sp³-hybridized carbons (Fsp3) is 0.529. The fourth-order valence-electron chi connectivity index (χ4n) is 2.66. The number of carbonyl (C=O) groups is 1. The molecular weight excluding hydrogens is 343 g/mol. The van der Waals surface area contributed by atoms with Crippen LogP contribution in [0.25, 0.3) is 0 Å². The predicted molar refractivity (Wildman–Crippen MR) is 99.4 cm³/mol. The van der Waals surface area contributed by atoms with E-state index < -0.39 is 0 Å². The number of carbonyl (C=O) groups excluding carboxylic acids is 1. The van der Waals surface area contributed by atoms with Gasteiger partial charge in [0.05, 0.1) is 32.8 Å². The van der Waals surface area contributed by atoms with E-state index in [0.29, 0.717) is 36.1 Å². The minimum atomic E-state index is -0.249. The van der Waals surface area contributed by atoms with Crippen LogP contribution in [-0.4, -0.2) is 68.9 Å². The van der Waals surface area contributed by atoms with Crippen molar-refractivity contribution in [2.45, 2.75) is 6.92 Å². The average Bonchev–Trinajstić information content (AvgIpc) is 2.59. The Balaban J connectivity index is 1.74. The quantitative estimate of drug-likeness (QED) is 0.479. The molecule has 0 spiro atoms. The maximum absolute atomic E-state index is 13.6. The van der Waals surface area contributed by atoms with Crippen molar-refractivity contribution < 1.29 is 18.8 Å². The number of nitrogens with one attached hydrogen (secondary N) is 3. The van der Waals surface area contributed by atoms with E-state index >= 15 is 0 Å². The lowest BCUT2D eigenvalue weighted by Crippen LogP contribution is -3.15. The molecule has 1 heterocycles. The number of piperazine rings is 1. The lowest BCUT2D eigenvalue weighted by atomic mass is 10.2. The number of nitrogens with zero attached hydrogens (tertiary/aromatic N) is 1. The molecule has 1 aromatic rings. The maximum atomic E-state index is 13.6. The molecule has 2 rings (SSSR count). The second kappa shape index (κ2) is 9.65. The number of quaternary nitrogens is 1. The number of benzene rings is 1. The molecular formula is C17H26FN4O2S+. The number of rotatable bonds is 6. The van der Waals surface area contributed by atoms with Gasteiger partial charge in [0, 0.05) is 19.3 Å². The van der Waals surface area contributed by atoms with Crippen LogP contribution in [-0.2, 0) is 9.53 Å². The maximum Gasteiger partial charge on any atom is 0.275 e. The average molecular weight is 369 g/mol. The first kappa shape index (κ1) is 19.6. The summed E-state index contributed by atoms with van der Waals surface area (Å²) in [6.07, 6.45) is 0. The zero-order chi connectivity index (χ0) is 18.2. The molecule has 1 amide bonds. The number of methoxy groups -OCH3 is 1. The molecule has 0 unspecified atom stereocenters. The van der Waals surface area contributed by atoms with Gasteiger partial charge in [0.1, 0.15) is 5.82 Å². The van der Waals surface area contributed by atoms with Crippen molar-refractivity contribution in [3.8, 4) is 0 Å². The number of anilines is 1. The molecule has 25 heavy (non-hydrogen) atoms. The summed E-state index contributed by atoms with van der Waals surface area (Å²) in [4.78, 5) is 15.1. The molecule has 1 saturated heterocycles. The molecule has 0 aliphatic carbocycles. The van der Waals surface area contributed by atoms with E-state index in [4.69, 9.17) is 17.0 Å². The van der Waals surface area contributed by atoms with E-state index in [1.165, 1.54) is 11.0 Å². The molecule has 0 radical (unpaired) electrons. The second-order valence-corrected chi connectivity index (χ2v) is 6.54. The summed E-state index contributed by atoms with van der Waals surface area (Å²) in [5.74, 6) is -0.210. The Morgan fingerprint density at radius 1 is 1.40 bits per heavy atom. The van der Waals surface area contributed by atoms with Gasteiger partial charge in [0.25, 0.3) is 5.91 Å². The van der Waals surface area contributed by atoms with Crippen LogP contribution < -0.4 is 15.5 Å².